The van der Waals surface area contributed by atoms with Crippen molar-refractivity contribution in [1.82, 2.24) is 0 Å². The minimum Gasteiger partial charge on any atom is -0.379 e. The zero-order chi connectivity index (χ0) is 37.7. The van der Waals surface area contributed by atoms with Crippen LogP contribution in [0.1, 0.15) is 0 Å². The van der Waals surface area contributed by atoms with E-state index >= 15 is 0 Å². The van der Waals surface area contributed by atoms with Gasteiger partial charge in [-0.25, -0.2) is 9.59 Å². The standard InChI is InChI=1S/C40H30N4O8S2/c45-39(41-31-13-7-15-33(25-31)51-53(47,48)35-21-19-27-9-1-3-11-29(27)23-35)43-37-17-5-6-18-38(37)44-40(46)42-32-14-8-16-34(26-32)52-54(49,50)36-22-20-28-10-2-4-12-30(28)24-36/h1-26H,(H2,41,43,45)(H2,42,44,46). The number of para-hydroxylation sites is 2. The Kier molecular flexibility index (Phi) is 9.85. The highest BCUT2D eigenvalue weighted by Crippen LogP contribution is 2.28. The number of hydrogen-bond donors (Lipinski definition) is 4. The van der Waals surface area contributed by atoms with Gasteiger partial charge in [0, 0.05) is 23.5 Å². The normalized spacial score (nSPS) is 11.4. The van der Waals surface area contributed by atoms with E-state index in [0.717, 1.165) is 21.5 Å². The first-order valence-corrected chi connectivity index (χ1v) is 19.1. The summed E-state index contributed by atoms with van der Waals surface area (Å²) in [7, 11) is -8.35. The number of benzene rings is 7. The molecule has 0 aromatic heterocycles. The molecule has 0 unspecified atom stereocenters. The quantitative estimate of drug-likeness (QED) is 0.100. The van der Waals surface area contributed by atoms with Crippen molar-refractivity contribution in [2.75, 3.05) is 21.3 Å². The summed E-state index contributed by atoms with van der Waals surface area (Å²) >= 11 is 0. The van der Waals surface area contributed by atoms with Gasteiger partial charge in [-0.3, -0.25) is 0 Å². The van der Waals surface area contributed by atoms with Gasteiger partial charge >= 0.3 is 32.3 Å². The lowest BCUT2D eigenvalue weighted by atomic mass is 10.1. The minimum absolute atomic E-state index is 0.0135. The molecule has 0 aliphatic heterocycles. The molecule has 0 aliphatic rings. The Bertz CT molecular complexity index is 2590. The van der Waals surface area contributed by atoms with E-state index in [9.17, 15) is 26.4 Å². The van der Waals surface area contributed by atoms with Crippen LogP contribution in [0.5, 0.6) is 11.5 Å². The van der Waals surface area contributed by atoms with E-state index in [-0.39, 0.29) is 44.0 Å². The average molecular weight is 759 g/mol. The fourth-order valence-electron chi connectivity index (χ4n) is 5.52. The van der Waals surface area contributed by atoms with Crippen LogP contribution in [-0.2, 0) is 20.2 Å². The second kappa shape index (κ2) is 15.0. The van der Waals surface area contributed by atoms with E-state index in [4.69, 9.17) is 8.37 Å². The summed E-state index contributed by atoms with van der Waals surface area (Å²) < 4.78 is 62.8. The topological polar surface area (TPSA) is 169 Å². The molecular weight excluding hydrogens is 729 g/mol. The maximum absolute atomic E-state index is 13.0. The molecule has 0 atom stereocenters. The van der Waals surface area contributed by atoms with E-state index in [1.807, 2.05) is 36.4 Å². The molecular formula is C40H30N4O8S2. The van der Waals surface area contributed by atoms with Crippen LogP contribution in [0.4, 0.5) is 32.3 Å². The third-order valence-electron chi connectivity index (χ3n) is 8.04. The molecule has 4 amide bonds. The van der Waals surface area contributed by atoms with Crippen molar-refractivity contribution in [1.29, 1.82) is 0 Å². The molecule has 0 heterocycles. The highest BCUT2D eigenvalue weighted by Gasteiger charge is 2.19. The van der Waals surface area contributed by atoms with Crippen molar-refractivity contribution in [2.45, 2.75) is 9.79 Å². The first-order chi connectivity index (χ1) is 26.0. The SMILES string of the molecule is O=C(Nc1cccc(OS(=O)(=O)c2ccc3ccccc3c2)c1)Nc1ccccc1NC(=O)Nc1cccc(OS(=O)(=O)c2ccc3ccccc3c2)c1. The lowest BCUT2D eigenvalue weighted by Crippen LogP contribution is -2.23. The first kappa shape index (κ1) is 35.5. The summed E-state index contributed by atoms with van der Waals surface area (Å²) in [6.45, 7) is 0. The zero-order valence-electron chi connectivity index (χ0n) is 28.1. The van der Waals surface area contributed by atoms with Crippen LogP contribution >= 0.6 is 0 Å². The maximum atomic E-state index is 13.0. The van der Waals surface area contributed by atoms with Gasteiger partial charge in [-0.15, -0.1) is 0 Å². The van der Waals surface area contributed by atoms with E-state index < -0.39 is 32.3 Å². The molecule has 0 spiro atoms. The molecule has 0 fully saturated rings. The Balaban J connectivity index is 0.969. The van der Waals surface area contributed by atoms with Crippen molar-refractivity contribution < 1.29 is 34.8 Å². The number of amides is 4. The maximum Gasteiger partial charge on any atom is 0.339 e. The molecule has 7 aromatic carbocycles. The van der Waals surface area contributed by atoms with Crippen LogP contribution in [0.2, 0.25) is 0 Å². The van der Waals surface area contributed by atoms with Crippen molar-refractivity contribution >= 4 is 76.6 Å². The van der Waals surface area contributed by atoms with Crippen LogP contribution in [0.15, 0.2) is 168 Å². The predicted octanol–water partition coefficient (Wildman–Crippen LogP) is 8.82. The third-order valence-corrected chi connectivity index (χ3v) is 10.5. The van der Waals surface area contributed by atoms with Gasteiger partial charge in [-0.05, 0) is 82.2 Å². The molecule has 7 rings (SSSR count). The lowest BCUT2D eigenvalue weighted by Gasteiger charge is -2.14. The van der Waals surface area contributed by atoms with Gasteiger partial charge in [0.05, 0.1) is 11.4 Å². The minimum atomic E-state index is -4.18. The summed E-state index contributed by atoms with van der Waals surface area (Å²) in [5, 5.41) is 13.8. The van der Waals surface area contributed by atoms with Crippen LogP contribution in [0.3, 0.4) is 0 Å². The molecule has 0 radical (unpaired) electrons. The van der Waals surface area contributed by atoms with Crippen molar-refractivity contribution in [3.8, 4) is 11.5 Å². The Hall–Kier alpha value is -6.90. The lowest BCUT2D eigenvalue weighted by molar-refractivity contribution is 0.261. The number of hydrogen-bond acceptors (Lipinski definition) is 8. The van der Waals surface area contributed by atoms with E-state index in [2.05, 4.69) is 21.3 Å². The highest BCUT2D eigenvalue weighted by molar-refractivity contribution is 7.87. The summed E-state index contributed by atoms with van der Waals surface area (Å²) in [5.74, 6) is -0.0269. The Morgan fingerprint density at radius 1 is 0.389 bits per heavy atom. The highest BCUT2D eigenvalue weighted by atomic mass is 32.2. The molecule has 0 saturated heterocycles. The molecule has 12 nitrogen and oxygen atoms in total. The molecule has 7 aromatic rings. The second-order valence-electron chi connectivity index (χ2n) is 11.9. The number of carbonyl (C=O) groups is 2. The number of fused-ring (bicyclic) bond motifs is 2. The summed E-state index contributed by atoms with van der Waals surface area (Å²) in [6, 6.07) is 40.9. The van der Waals surface area contributed by atoms with Gasteiger partial charge < -0.3 is 29.6 Å². The van der Waals surface area contributed by atoms with Crippen LogP contribution < -0.4 is 29.6 Å². The van der Waals surface area contributed by atoms with Gasteiger partial charge in [-0.1, -0.05) is 84.9 Å². The number of urea groups is 2. The monoisotopic (exact) mass is 758 g/mol. The van der Waals surface area contributed by atoms with E-state index in [0.29, 0.717) is 0 Å². The number of nitrogens with one attached hydrogen (secondary N) is 4. The molecule has 14 heteroatoms. The summed E-state index contributed by atoms with van der Waals surface area (Å²) in [4.78, 5) is 26.0. The zero-order valence-corrected chi connectivity index (χ0v) is 29.7. The van der Waals surface area contributed by atoms with Gasteiger partial charge in [0.25, 0.3) is 0 Å². The second-order valence-corrected chi connectivity index (χ2v) is 14.9. The van der Waals surface area contributed by atoms with Crippen molar-refractivity contribution in [3.05, 3.63) is 158 Å². The van der Waals surface area contributed by atoms with Gasteiger partial charge in [0.2, 0.25) is 0 Å². The van der Waals surface area contributed by atoms with Gasteiger partial charge in [0.15, 0.2) is 0 Å². The largest absolute Gasteiger partial charge is 0.379 e. The first-order valence-electron chi connectivity index (χ1n) is 16.3. The average Bonchev–Trinajstić information content (AvgIpc) is 3.15. The van der Waals surface area contributed by atoms with Crippen LogP contribution in [0, 0.1) is 0 Å². The summed E-state index contributed by atoms with van der Waals surface area (Å²) in [6.07, 6.45) is 0. The van der Waals surface area contributed by atoms with Crippen LogP contribution in [-0.4, -0.2) is 28.9 Å². The van der Waals surface area contributed by atoms with Gasteiger partial charge in [0.1, 0.15) is 21.3 Å². The van der Waals surface area contributed by atoms with Crippen LogP contribution in [0.25, 0.3) is 21.5 Å². The molecule has 270 valence electrons. The fraction of sp³-hybridized carbons (Fsp3) is 0. The van der Waals surface area contributed by atoms with Crippen molar-refractivity contribution in [3.63, 3.8) is 0 Å². The summed E-state index contributed by atoms with van der Waals surface area (Å²) in [5.41, 5.74) is 0.975. The Labute approximate surface area is 310 Å². The Morgan fingerprint density at radius 2 is 0.778 bits per heavy atom. The molecule has 0 aliphatic carbocycles. The fourth-order valence-corrected chi connectivity index (χ4v) is 7.44. The number of anilines is 4. The van der Waals surface area contributed by atoms with Crippen molar-refractivity contribution in [2.24, 2.45) is 0 Å². The number of carbonyl (C=O) groups excluding carboxylic acids is 2. The smallest absolute Gasteiger partial charge is 0.339 e. The predicted molar refractivity (Wildman–Crippen MR) is 208 cm³/mol. The molecule has 4 N–H and O–H groups in total. The Morgan fingerprint density at radius 3 is 1.20 bits per heavy atom. The third kappa shape index (κ3) is 8.41. The molecule has 54 heavy (non-hydrogen) atoms. The molecule has 0 bridgehead atoms. The van der Waals surface area contributed by atoms with Gasteiger partial charge in [-0.2, -0.15) is 16.8 Å². The van der Waals surface area contributed by atoms with E-state index in [1.165, 1.54) is 60.7 Å². The molecule has 0 saturated carbocycles. The number of rotatable bonds is 10. The van der Waals surface area contributed by atoms with E-state index in [1.54, 1.807) is 60.7 Å².